The molecule has 2 aromatic rings. The number of hydrogen-bond donors (Lipinski definition) is 2. The minimum atomic E-state index is -0.708. The first kappa shape index (κ1) is 15.4. The van der Waals surface area contributed by atoms with E-state index in [1.165, 1.54) is 0 Å². The molecule has 21 heavy (non-hydrogen) atoms. The predicted molar refractivity (Wildman–Crippen MR) is 82.6 cm³/mol. The van der Waals surface area contributed by atoms with Crippen molar-refractivity contribution in [2.45, 2.75) is 6.92 Å². The topological polar surface area (TPSA) is 41.1 Å². The molecule has 0 radical (unpaired) electrons. The number of hydrogen-bond acceptors (Lipinski definition) is 2. The predicted octanol–water partition coefficient (Wildman–Crippen LogP) is 4.41. The first-order valence-electron chi connectivity index (χ1n) is 6.31. The van der Waals surface area contributed by atoms with Crippen LogP contribution in [0.3, 0.4) is 0 Å². The number of nitrogens with one attached hydrogen (secondary N) is 2. The van der Waals surface area contributed by atoms with E-state index < -0.39 is 17.5 Å². The molecule has 0 aliphatic heterocycles. The quantitative estimate of drug-likeness (QED) is 0.798. The number of halogens is 3. The van der Waals surface area contributed by atoms with Crippen molar-refractivity contribution in [1.29, 1.82) is 0 Å². The van der Waals surface area contributed by atoms with E-state index in [1.54, 1.807) is 24.3 Å². The van der Waals surface area contributed by atoms with Gasteiger partial charge in [0.2, 0.25) is 0 Å². The Labute approximate surface area is 129 Å². The fraction of sp³-hybridized carbons (Fsp3) is 0.133. The standard InChI is InChI=1S/C15H13BrF2N2O/c1-2-19-10-5-3-9(4-6-10)15(21)20-14-8-12(17)11(16)7-13(14)18/h3-8,19H,2H2,1H3,(H,20,21). The Morgan fingerprint density at radius 3 is 2.43 bits per heavy atom. The van der Waals surface area contributed by atoms with Crippen molar-refractivity contribution >= 4 is 33.2 Å². The Morgan fingerprint density at radius 2 is 1.81 bits per heavy atom. The fourth-order valence-corrected chi connectivity index (χ4v) is 2.07. The smallest absolute Gasteiger partial charge is 0.255 e. The van der Waals surface area contributed by atoms with Crippen LogP contribution in [0.5, 0.6) is 0 Å². The number of anilines is 2. The molecule has 0 aromatic heterocycles. The van der Waals surface area contributed by atoms with Gasteiger partial charge in [0, 0.05) is 23.9 Å². The average molecular weight is 355 g/mol. The van der Waals surface area contributed by atoms with Gasteiger partial charge in [0.15, 0.2) is 0 Å². The fourth-order valence-electron chi connectivity index (χ4n) is 1.76. The molecule has 2 rings (SSSR count). The van der Waals surface area contributed by atoms with Crippen LogP contribution in [-0.4, -0.2) is 12.5 Å². The molecule has 2 aromatic carbocycles. The van der Waals surface area contributed by atoms with Crippen LogP contribution in [0.15, 0.2) is 40.9 Å². The second kappa shape index (κ2) is 6.67. The first-order chi connectivity index (χ1) is 10.0. The van der Waals surface area contributed by atoms with Gasteiger partial charge in [-0.2, -0.15) is 0 Å². The zero-order valence-corrected chi connectivity index (χ0v) is 12.8. The summed E-state index contributed by atoms with van der Waals surface area (Å²) in [6, 6.07) is 8.62. The number of benzene rings is 2. The molecule has 6 heteroatoms. The molecule has 2 N–H and O–H groups in total. The van der Waals surface area contributed by atoms with Crippen LogP contribution in [0.2, 0.25) is 0 Å². The van der Waals surface area contributed by atoms with Crippen LogP contribution >= 0.6 is 15.9 Å². The van der Waals surface area contributed by atoms with Gasteiger partial charge in [-0.05, 0) is 53.2 Å². The lowest BCUT2D eigenvalue weighted by molar-refractivity contribution is 0.102. The molecule has 3 nitrogen and oxygen atoms in total. The van der Waals surface area contributed by atoms with Gasteiger partial charge in [-0.25, -0.2) is 8.78 Å². The maximum absolute atomic E-state index is 13.6. The van der Waals surface area contributed by atoms with Crippen molar-refractivity contribution in [3.63, 3.8) is 0 Å². The molecule has 0 atom stereocenters. The molecule has 0 spiro atoms. The van der Waals surface area contributed by atoms with E-state index in [2.05, 4.69) is 26.6 Å². The maximum Gasteiger partial charge on any atom is 0.255 e. The summed E-state index contributed by atoms with van der Waals surface area (Å²) >= 11 is 2.88. The van der Waals surface area contributed by atoms with Gasteiger partial charge in [0.05, 0.1) is 10.2 Å². The molecule has 110 valence electrons. The molecule has 0 bridgehead atoms. The average Bonchev–Trinajstić information content (AvgIpc) is 2.46. The highest BCUT2D eigenvalue weighted by molar-refractivity contribution is 9.10. The Morgan fingerprint density at radius 1 is 1.14 bits per heavy atom. The van der Waals surface area contributed by atoms with Crippen LogP contribution in [-0.2, 0) is 0 Å². The van der Waals surface area contributed by atoms with Crippen molar-refractivity contribution in [3.05, 3.63) is 58.1 Å². The molecule has 0 saturated carbocycles. The highest BCUT2D eigenvalue weighted by Crippen LogP contribution is 2.24. The third kappa shape index (κ3) is 3.78. The van der Waals surface area contributed by atoms with Crippen LogP contribution in [0.25, 0.3) is 0 Å². The minimum absolute atomic E-state index is 0.00740. The third-order valence-electron chi connectivity index (χ3n) is 2.79. The molecule has 0 aliphatic carbocycles. The highest BCUT2D eigenvalue weighted by Gasteiger charge is 2.12. The van der Waals surface area contributed by atoms with Gasteiger partial charge in [0.1, 0.15) is 11.6 Å². The number of rotatable bonds is 4. The molecular formula is C15H13BrF2N2O. The Kier molecular flexibility index (Phi) is 4.90. The largest absolute Gasteiger partial charge is 0.385 e. The van der Waals surface area contributed by atoms with E-state index in [0.717, 1.165) is 24.4 Å². The van der Waals surface area contributed by atoms with Gasteiger partial charge in [-0.1, -0.05) is 0 Å². The summed E-state index contributed by atoms with van der Waals surface area (Å²) < 4.78 is 27.0. The summed E-state index contributed by atoms with van der Waals surface area (Å²) in [5, 5.41) is 5.45. The van der Waals surface area contributed by atoms with Gasteiger partial charge in [0.25, 0.3) is 5.91 Å². The monoisotopic (exact) mass is 354 g/mol. The van der Waals surface area contributed by atoms with E-state index in [1.807, 2.05) is 6.92 Å². The Hall–Kier alpha value is -1.95. The molecule has 0 aliphatic rings. The summed E-state index contributed by atoms with van der Waals surface area (Å²) in [6.07, 6.45) is 0. The van der Waals surface area contributed by atoms with E-state index in [9.17, 15) is 13.6 Å². The van der Waals surface area contributed by atoms with Crippen molar-refractivity contribution in [2.75, 3.05) is 17.2 Å². The third-order valence-corrected chi connectivity index (χ3v) is 3.39. The van der Waals surface area contributed by atoms with Crippen LogP contribution < -0.4 is 10.6 Å². The van der Waals surface area contributed by atoms with Crippen LogP contribution in [0.1, 0.15) is 17.3 Å². The SMILES string of the molecule is CCNc1ccc(C(=O)Nc2cc(F)c(Br)cc2F)cc1. The lowest BCUT2D eigenvalue weighted by Gasteiger charge is -2.08. The molecule has 0 unspecified atom stereocenters. The second-order valence-corrected chi connectivity index (χ2v) is 5.16. The lowest BCUT2D eigenvalue weighted by Crippen LogP contribution is -2.13. The van der Waals surface area contributed by atoms with Gasteiger partial charge >= 0.3 is 0 Å². The van der Waals surface area contributed by atoms with E-state index >= 15 is 0 Å². The summed E-state index contributed by atoms with van der Waals surface area (Å²) in [5.74, 6) is -1.85. The maximum atomic E-state index is 13.6. The van der Waals surface area contributed by atoms with Crippen LogP contribution in [0.4, 0.5) is 20.2 Å². The number of amides is 1. The van der Waals surface area contributed by atoms with Crippen molar-refractivity contribution in [2.24, 2.45) is 0 Å². The molecular weight excluding hydrogens is 342 g/mol. The van der Waals surface area contributed by atoms with E-state index in [0.29, 0.717) is 5.56 Å². The zero-order valence-electron chi connectivity index (χ0n) is 11.2. The lowest BCUT2D eigenvalue weighted by atomic mass is 10.2. The van der Waals surface area contributed by atoms with Gasteiger partial charge in [-0.3, -0.25) is 4.79 Å². The van der Waals surface area contributed by atoms with Crippen molar-refractivity contribution in [3.8, 4) is 0 Å². The molecule has 1 amide bonds. The Bertz CT molecular complexity index is 659. The molecule has 0 fully saturated rings. The molecule has 0 heterocycles. The summed E-state index contributed by atoms with van der Waals surface area (Å²) in [7, 11) is 0. The summed E-state index contributed by atoms with van der Waals surface area (Å²) in [6.45, 7) is 2.74. The zero-order chi connectivity index (χ0) is 15.4. The number of carbonyl (C=O) groups is 1. The normalized spacial score (nSPS) is 10.3. The van der Waals surface area contributed by atoms with Gasteiger partial charge in [-0.15, -0.1) is 0 Å². The summed E-state index contributed by atoms with van der Waals surface area (Å²) in [5.41, 5.74) is 1.05. The van der Waals surface area contributed by atoms with Crippen molar-refractivity contribution < 1.29 is 13.6 Å². The van der Waals surface area contributed by atoms with E-state index in [4.69, 9.17) is 0 Å². The minimum Gasteiger partial charge on any atom is -0.385 e. The first-order valence-corrected chi connectivity index (χ1v) is 7.10. The van der Waals surface area contributed by atoms with Crippen molar-refractivity contribution in [1.82, 2.24) is 0 Å². The Balaban J connectivity index is 2.16. The summed E-state index contributed by atoms with van der Waals surface area (Å²) in [4.78, 5) is 12.0. The highest BCUT2D eigenvalue weighted by atomic mass is 79.9. The number of carbonyl (C=O) groups excluding carboxylic acids is 1. The second-order valence-electron chi connectivity index (χ2n) is 4.31. The molecule has 0 saturated heterocycles. The van der Waals surface area contributed by atoms with Gasteiger partial charge < -0.3 is 10.6 Å². The van der Waals surface area contributed by atoms with E-state index in [-0.39, 0.29) is 10.2 Å². The van der Waals surface area contributed by atoms with Crippen LogP contribution in [0, 0.1) is 11.6 Å².